The van der Waals surface area contributed by atoms with Gasteiger partial charge in [0, 0.05) is 52.7 Å². The van der Waals surface area contributed by atoms with Crippen LogP contribution in [0.3, 0.4) is 0 Å². The van der Waals surface area contributed by atoms with Crippen LogP contribution in [0.1, 0.15) is 12.8 Å². The number of hydrogen-bond acceptors (Lipinski definition) is 18. The SMILES string of the molecule is CNC(=N)CSCCCC(=O)NCCN(CCNC(=O)CSC1OC(CO)C(O)C(O)C1O)CCNC(=O)CSC1OC(CO)C(O)C(O)C1O. The molecule has 2 saturated heterocycles. The predicted molar refractivity (Wildman–Crippen MR) is 191 cm³/mol. The van der Waals surface area contributed by atoms with Crippen LogP contribution >= 0.6 is 35.3 Å². The summed E-state index contributed by atoms with van der Waals surface area (Å²) in [5.41, 5.74) is -2.09. The third-order valence-corrected chi connectivity index (χ3v) is 11.3. The molecule has 2 rings (SSSR count). The van der Waals surface area contributed by atoms with E-state index in [0.29, 0.717) is 50.6 Å². The van der Waals surface area contributed by atoms with E-state index >= 15 is 0 Å². The number of carbonyl (C=O) groups excluding carboxylic acids is 3. The Bertz CT molecular complexity index is 1010. The molecule has 2 fully saturated rings. The number of hydrogen-bond donors (Lipinski definition) is 13. The predicted octanol–water partition coefficient (Wildman–Crippen LogP) is -5.59. The number of ether oxygens (including phenoxy) is 2. The summed E-state index contributed by atoms with van der Waals surface area (Å²) in [5, 5.41) is 97.5. The number of nitrogens with zero attached hydrogens (tertiary/aromatic N) is 1. The van der Waals surface area contributed by atoms with Crippen molar-refractivity contribution < 1.29 is 64.7 Å². The zero-order valence-electron chi connectivity index (χ0n) is 28.5. The minimum absolute atomic E-state index is 0.128. The van der Waals surface area contributed by atoms with Gasteiger partial charge in [0.15, 0.2) is 0 Å². The normalized spacial score (nSPS) is 29.4. The second-order valence-corrected chi connectivity index (χ2v) is 15.1. The molecule has 13 N–H and O–H groups in total. The molecule has 19 nitrogen and oxygen atoms in total. The smallest absolute Gasteiger partial charge is 0.230 e. The first kappa shape index (κ1) is 45.6. The largest absolute Gasteiger partial charge is 0.394 e. The van der Waals surface area contributed by atoms with Crippen molar-refractivity contribution in [3.05, 3.63) is 0 Å². The van der Waals surface area contributed by atoms with Gasteiger partial charge in [-0.25, -0.2) is 0 Å². The number of rotatable bonds is 23. The van der Waals surface area contributed by atoms with Crippen LogP contribution in [0, 0.1) is 5.41 Å². The summed E-state index contributed by atoms with van der Waals surface area (Å²) in [5.74, 6) is 0.474. The van der Waals surface area contributed by atoms with E-state index in [0.717, 1.165) is 29.3 Å². The Morgan fingerprint density at radius 2 is 1.10 bits per heavy atom. The van der Waals surface area contributed by atoms with Gasteiger partial charge in [-0.15, -0.1) is 23.5 Å². The molecule has 0 aromatic heterocycles. The fourth-order valence-electron chi connectivity index (χ4n) is 4.89. The summed E-state index contributed by atoms with van der Waals surface area (Å²) in [6.45, 7) is 0.618. The van der Waals surface area contributed by atoms with E-state index in [4.69, 9.17) is 14.9 Å². The third-order valence-electron chi connectivity index (χ3n) is 7.95. The highest BCUT2D eigenvalue weighted by atomic mass is 32.2. The molecule has 296 valence electrons. The maximum atomic E-state index is 12.5. The number of amides is 3. The average molecular weight is 791 g/mol. The Balaban J connectivity index is 1.80. The van der Waals surface area contributed by atoms with Crippen LogP contribution in [-0.2, 0) is 23.9 Å². The van der Waals surface area contributed by atoms with E-state index in [1.807, 2.05) is 4.90 Å². The molecule has 10 unspecified atom stereocenters. The average Bonchev–Trinajstić information content (AvgIpc) is 3.11. The molecule has 0 spiro atoms. The van der Waals surface area contributed by atoms with Crippen LogP contribution < -0.4 is 21.3 Å². The highest BCUT2D eigenvalue weighted by Gasteiger charge is 2.44. The highest BCUT2D eigenvalue weighted by molar-refractivity contribution is 8.00. The van der Waals surface area contributed by atoms with Crippen LogP contribution in [-0.4, -0.2) is 212 Å². The fraction of sp³-hybridized carbons (Fsp3) is 0.862. The highest BCUT2D eigenvalue weighted by Crippen LogP contribution is 2.29. The molecule has 10 atom stereocenters. The zero-order valence-corrected chi connectivity index (χ0v) is 30.9. The van der Waals surface area contributed by atoms with Gasteiger partial charge in [0.1, 0.15) is 65.5 Å². The van der Waals surface area contributed by atoms with Gasteiger partial charge >= 0.3 is 0 Å². The summed E-state index contributed by atoms with van der Waals surface area (Å²) in [6.07, 6.45) is -10.2. The zero-order chi connectivity index (χ0) is 37.9. The van der Waals surface area contributed by atoms with E-state index in [9.17, 15) is 55.2 Å². The maximum Gasteiger partial charge on any atom is 0.230 e. The minimum Gasteiger partial charge on any atom is -0.394 e. The van der Waals surface area contributed by atoms with E-state index in [2.05, 4.69) is 21.3 Å². The molecular formula is C29H54N6O13S3. The molecule has 22 heteroatoms. The van der Waals surface area contributed by atoms with Gasteiger partial charge in [-0.1, -0.05) is 0 Å². The standard InChI is InChI=1S/C29H54N6O13S3/c1-31-18(30)13-49-10-2-3-19(38)32-4-7-35(8-5-33-20(39)14-50-28-26(45)24(43)22(41)16(11-36)47-28)9-6-34-21(40)15-51-29-27(46)25(44)23(42)17(12-37)48-29/h16-17,22-29,36-37,41-46H,2-15H2,1H3,(H2,30,31)(H,32,38)(H,33,39)(H,34,40). The molecule has 2 heterocycles. The molecule has 0 radical (unpaired) electrons. The number of thioether (sulfide) groups is 3. The van der Waals surface area contributed by atoms with E-state index in [1.54, 1.807) is 18.8 Å². The van der Waals surface area contributed by atoms with Gasteiger partial charge in [0.2, 0.25) is 17.7 Å². The van der Waals surface area contributed by atoms with Crippen molar-refractivity contribution >= 4 is 58.8 Å². The van der Waals surface area contributed by atoms with Crippen LogP contribution in [0.5, 0.6) is 0 Å². The molecule has 0 bridgehead atoms. The molecule has 0 aliphatic carbocycles. The van der Waals surface area contributed by atoms with Crippen molar-refractivity contribution in [2.75, 3.05) is 82.5 Å². The fourth-order valence-corrected chi connectivity index (χ4v) is 7.73. The Kier molecular flexibility index (Phi) is 22.1. The molecule has 0 saturated carbocycles. The first-order valence-electron chi connectivity index (χ1n) is 16.5. The first-order chi connectivity index (χ1) is 24.3. The van der Waals surface area contributed by atoms with Crippen molar-refractivity contribution in [3.8, 4) is 0 Å². The molecule has 51 heavy (non-hydrogen) atoms. The van der Waals surface area contributed by atoms with Crippen molar-refractivity contribution in [1.29, 1.82) is 5.41 Å². The Morgan fingerprint density at radius 1 is 0.667 bits per heavy atom. The number of aliphatic hydroxyl groups excluding tert-OH is 8. The minimum atomic E-state index is -1.55. The van der Waals surface area contributed by atoms with Crippen LogP contribution in [0.25, 0.3) is 0 Å². The second kappa shape index (κ2) is 24.7. The molecule has 0 aromatic rings. The molecular weight excluding hydrogens is 737 g/mol. The van der Waals surface area contributed by atoms with Crippen molar-refractivity contribution in [2.45, 2.75) is 72.5 Å². The topological polar surface area (TPSA) is 307 Å². The molecule has 2 aliphatic rings. The van der Waals surface area contributed by atoms with Crippen molar-refractivity contribution in [1.82, 2.24) is 26.2 Å². The van der Waals surface area contributed by atoms with Gasteiger partial charge in [-0.3, -0.25) is 24.7 Å². The van der Waals surface area contributed by atoms with Gasteiger partial charge in [-0.05, 0) is 12.2 Å². The number of nitrogens with one attached hydrogen (secondary N) is 5. The lowest BCUT2D eigenvalue weighted by molar-refractivity contribution is -0.205. The summed E-state index contributed by atoms with van der Waals surface area (Å²) < 4.78 is 10.8. The lowest BCUT2D eigenvalue weighted by atomic mass is 10.0. The van der Waals surface area contributed by atoms with E-state index < -0.39 is 84.7 Å². The monoisotopic (exact) mass is 790 g/mol. The first-order valence-corrected chi connectivity index (χ1v) is 19.8. The van der Waals surface area contributed by atoms with Crippen LogP contribution in [0.2, 0.25) is 0 Å². The number of carbonyl (C=O) groups is 3. The Hall–Kier alpha value is -1.51. The van der Waals surface area contributed by atoms with Gasteiger partial charge in [-0.2, -0.15) is 11.8 Å². The van der Waals surface area contributed by atoms with Gasteiger partial charge in [0.05, 0.1) is 30.5 Å². The number of amidine groups is 1. The number of aliphatic hydroxyl groups is 8. The van der Waals surface area contributed by atoms with Crippen LogP contribution in [0.4, 0.5) is 0 Å². The van der Waals surface area contributed by atoms with E-state index in [1.165, 1.54) is 0 Å². The van der Waals surface area contributed by atoms with Crippen LogP contribution in [0.15, 0.2) is 0 Å². The lowest BCUT2D eigenvalue weighted by Crippen LogP contribution is -2.57. The summed E-state index contributed by atoms with van der Waals surface area (Å²) in [6, 6.07) is 0. The Morgan fingerprint density at radius 3 is 1.51 bits per heavy atom. The van der Waals surface area contributed by atoms with E-state index in [-0.39, 0.29) is 30.5 Å². The Labute approximate surface area is 309 Å². The molecule has 3 amide bonds. The summed E-state index contributed by atoms with van der Waals surface area (Å²) in [7, 11) is 1.68. The molecule has 2 aliphatic heterocycles. The van der Waals surface area contributed by atoms with Gasteiger partial charge in [0.25, 0.3) is 0 Å². The summed E-state index contributed by atoms with van der Waals surface area (Å²) in [4.78, 5) is 39.3. The lowest BCUT2D eigenvalue weighted by Gasteiger charge is -2.39. The quantitative estimate of drug-likeness (QED) is 0.0261. The summed E-state index contributed by atoms with van der Waals surface area (Å²) >= 11 is 3.37. The van der Waals surface area contributed by atoms with Gasteiger partial charge < -0.3 is 71.6 Å². The van der Waals surface area contributed by atoms with Crippen molar-refractivity contribution in [3.63, 3.8) is 0 Å². The third kappa shape index (κ3) is 16.2. The maximum absolute atomic E-state index is 12.5. The molecule has 0 aromatic carbocycles. The second-order valence-electron chi connectivity index (χ2n) is 11.8. The van der Waals surface area contributed by atoms with Crippen molar-refractivity contribution in [2.24, 2.45) is 0 Å².